The third kappa shape index (κ3) is 3.58. The van der Waals surface area contributed by atoms with Crippen molar-refractivity contribution in [2.45, 2.75) is 13.8 Å². The molecule has 0 bridgehead atoms. The number of para-hydroxylation sites is 1. The van der Waals surface area contributed by atoms with Gasteiger partial charge in [-0.05, 0) is 50.2 Å². The molecule has 116 valence electrons. The maximum Gasteiger partial charge on any atom is 0.255 e. The smallest absolute Gasteiger partial charge is 0.255 e. The van der Waals surface area contributed by atoms with Crippen LogP contribution in [0.2, 0.25) is 0 Å². The minimum atomic E-state index is -0.135. The molecule has 5 nitrogen and oxygen atoms in total. The van der Waals surface area contributed by atoms with Crippen molar-refractivity contribution >= 4 is 11.6 Å². The van der Waals surface area contributed by atoms with Crippen LogP contribution in [0.25, 0.3) is 0 Å². The minimum Gasteiger partial charge on any atom is -0.457 e. The SMILES string of the molecule is Cc1nc(Nc2ccc(Oc3ccccc3)cc2)[nH]c(=O)c1C. The van der Waals surface area contributed by atoms with Gasteiger partial charge in [0.1, 0.15) is 11.5 Å². The van der Waals surface area contributed by atoms with Crippen LogP contribution in [0.3, 0.4) is 0 Å². The van der Waals surface area contributed by atoms with E-state index in [0.717, 1.165) is 17.2 Å². The van der Waals surface area contributed by atoms with Crippen molar-refractivity contribution in [3.8, 4) is 11.5 Å². The van der Waals surface area contributed by atoms with Gasteiger partial charge in [0.2, 0.25) is 5.95 Å². The van der Waals surface area contributed by atoms with Crippen molar-refractivity contribution in [1.29, 1.82) is 0 Å². The van der Waals surface area contributed by atoms with E-state index in [-0.39, 0.29) is 5.56 Å². The van der Waals surface area contributed by atoms with Gasteiger partial charge < -0.3 is 10.1 Å². The average Bonchev–Trinajstić information content (AvgIpc) is 2.55. The third-order valence-corrected chi connectivity index (χ3v) is 3.49. The van der Waals surface area contributed by atoms with Gasteiger partial charge >= 0.3 is 0 Å². The Morgan fingerprint density at radius 1 is 0.957 bits per heavy atom. The van der Waals surface area contributed by atoms with Crippen molar-refractivity contribution in [2.24, 2.45) is 0 Å². The van der Waals surface area contributed by atoms with Crippen molar-refractivity contribution < 1.29 is 4.74 Å². The standard InChI is InChI=1S/C18H17N3O2/c1-12-13(2)19-18(21-17(12)22)20-14-8-10-16(11-9-14)23-15-6-4-3-5-7-15/h3-11H,1-2H3,(H2,19,20,21,22). The van der Waals surface area contributed by atoms with E-state index in [1.165, 1.54) is 0 Å². The molecule has 3 rings (SSSR count). The van der Waals surface area contributed by atoms with Crippen LogP contribution in [0.5, 0.6) is 11.5 Å². The fourth-order valence-corrected chi connectivity index (χ4v) is 2.07. The summed E-state index contributed by atoms with van der Waals surface area (Å²) >= 11 is 0. The Morgan fingerprint density at radius 2 is 1.61 bits per heavy atom. The zero-order valence-corrected chi connectivity index (χ0v) is 13.0. The Hall–Kier alpha value is -3.08. The second-order valence-corrected chi connectivity index (χ2v) is 5.19. The van der Waals surface area contributed by atoms with Crippen LogP contribution in [-0.4, -0.2) is 9.97 Å². The highest BCUT2D eigenvalue weighted by Crippen LogP contribution is 2.23. The summed E-state index contributed by atoms with van der Waals surface area (Å²) in [5.74, 6) is 1.95. The molecule has 0 aliphatic heterocycles. The molecule has 0 aliphatic carbocycles. The molecule has 0 spiro atoms. The van der Waals surface area contributed by atoms with Gasteiger partial charge in [0.15, 0.2) is 0 Å². The number of aromatic amines is 1. The fourth-order valence-electron chi connectivity index (χ4n) is 2.07. The first-order valence-corrected chi connectivity index (χ1v) is 7.29. The molecule has 0 saturated heterocycles. The lowest BCUT2D eigenvalue weighted by Crippen LogP contribution is -2.15. The van der Waals surface area contributed by atoms with Crippen LogP contribution in [0.4, 0.5) is 11.6 Å². The molecule has 0 amide bonds. The molecule has 3 aromatic rings. The number of hydrogen-bond donors (Lipinski definition) is 2. The Balaban J connectivity index is 1.74. The number of benzene rings is 2. The number of aromatic nitrogens is 2. The lowest BCUT2D eigenvalue weighted by atomic mass is 10.3. The molecule has 23 heavy (non-hydrogen) atoms. The average molecular weight is 307 g/mol. The predicted molar refractivity (Wildman–Crippen MR) is 90.6 cm³/mol. The first kappa shape index (κ1) is 14.8. The molecule has 0 fully saturated rings. The van der Waals surface area contributed by atoms with Crippen molar-refractivity contribution in [3.05, 3.63) is 76.2 Å². The monoisotopic (exact) mass is 307 g/mol. The molecule has 5 heteroatoms. The molecular formula is C18H17N3O2. The predicted octanol–water partition coefficient (Wildman–Crippen LogP) is 3.92. The highest BCUT2D eigenvalue weighted by atomic mass is 16.5. The summed E-state index contributed by atoms with van der Waals surface area (Å²) in [7, 11) is 0. The quantitative estimate of drug-likeness (QED) is 0.766. The first-order valence-electron chi connectivity index (χ1n) is 7.29. The van der Waals surface area contributed by atoms with E-state index >= 15 is 0 Å². The van der Waals surface area contributed by atoms with Gasteiger partial charge in [-0.3, -0.25) is 9.78 Å². The van der Waals surface area contributed by atoms with E-state index in [2.05, 4.69) is 15.3 Å². The summed E-state index contributed by atoms with van der Waals surface area (Å²) in [6.07, 6.45) is 0. The van der Waals surface area contributed by atoms with E-state index in [1.54, 1.807) is 6.92 Å². The topological polar surface area (TPSA) is 67.0 Å². The molecule has 0 aliphatic rings. The molecule has 2 N–H and O–H groups in total. The Morgan fingerprint density at radius 3 is 2.26 bits per heavy atom. The highest BCUT2D eigenvalue weighted by molar-refractivity contribution is 5.55. The van der Waals surface area contributed by atoms with Crippen LogP contribution in [0.1, 0.15) is 11.3 Å². The highest BCUT2D eigenvalue weighted by Gasteiger charge is 2.04. The maximum absolute atomic E-state index is 11.8. The number of anilines is 2. The Labute approximate surface area is 134 Å². The summed E-state index contributed by atoms with van der Waals surface area (Å²) in [6.45, 7) is 3.56. The van der Waals surface area contributed by atoms with Crippen LogP contribution >= 0.6 is 0 Å². The van der Waals surface area contributed by atoms with Crippen LogP contribution in [-0.2, 0) is 0 Å². The van der Waals surface area contributed by atoms with Crippen molar-refractivity contribution in [2.75, 3.05) is 5.32 Å². The summed E-state index contributed by atoms with van der Waals surface area (Å²) in [5, 5.41) is 3.08. The number of rotatable bonds is 4. The second-order valence-electron chi connectivity index (χ2n) is 5.19. The van der Waals surface area contributed by atoms with E-state index in [9.17, 15) is 4.79 Å². The molecular weight excluding hydrogens is 290 g/mol. The summed E-state index contributed by atoms with van der Waals surface area (Å²) in [6, 6.07) is 17.0. The van der Waals surface area contributed by atoms with Gasteiger partial charge in [-0.15, -0.1) is 0 Å². The van der Waals surface area contributed by atoms with Gasteiger partial charge in [0, 0.05) is 16.9 Å². The molecule has 0 saturated carbocycles. The third-order valence-electron chi connectivity index (χ3n) is 3.49. The van der Waals surface area contributed by atoms with Gasteiger partial charge in [-0.25, -0.2) is 4.98 Å². The number of nitrogens with zero attached hydrogens (tertiary/aromatic N) is 1. The lowest BCUT2D eigenvalue weighted by Gasteiger charge is -2.09. The zero-order valence-electron chi connectivity index (χ0n) is 13.0. The number of aryl methyl sites for hydroxylation is 1. The second kappa shape index (κ2) is 6.36. The normalized spacial score (nSPS) is 10.3. The number of hydrogen-bond acceptors (Lipinski definition) is 4. The first-order chi connectivity index (χ1) is 11.1. The van der Waals surface area contributed by atoms with Crippen molar-refractivity contribution in [1.82, 2.24) is 9.97 Å². The van der Waals surface area contributed by atoms with Crippen LogP contribution in [0, 0.1) is 13.8 Å². The van der Waals surface area contributed by atoms with Gasteiger partial charge in [-0.1, -0.05) is 18.2 Å². The van der Waals surface area contributed by atoms with E-state index < -0.39 is 0 Å². The Kier molecular flexibility index (Phi) is 4.10. The number of nitrogens with one attached hydrogen (secondary N) is 2. The summed E-state index contributed by atoms with van der Waals surface area (Å²) < 4.78 is 5.74. The molecule has 0 atom stereocenters. The minimum absolute atomic E-state index is 0.135. The number of H-pyrrole nitrogens is 1. The fraction of sp³-hybridized carbons (Fsp3) is 0.111. The van der Waals surface area contributed by atoms with Crippen molar-refractivity contribution in [3.63, 3.8) is 0 Å². The molecule has 1 heterocycles. The van der Waals surface area contributed by atoms with Gasteiger partial charge in [0.05, 0.1) is 0 Å². The molecule has 0 unspecified atom stereocenters. The number of ether oxygens (including phenoxy) is 1. The Bertz CT molecular complexity index is 856. The van der Waals surface area contributed by atoms with E-state index in [4.69, 9.17) is 4.74 Å². The maximum atomic E-state index is 11.8. The largest absolute Gasteiger partial charge is 0.457 e. The summed E-state index contributed by atoms with van der Waals surface area (Å²) in [5.41, 5.74) is 2.02. The van der Waals surface area contributed by atoms with Crippen LogP contribution in [0.15, 0.2) is 59.4 Å². The molecule has 0 radical (unpaired) electrons. The molecule has 1 aromatic heterocycles. The van der Waals surface area contributed by atoms with Gasteiger partial charge in [-0.2, -0.15) is 0 Å². The van der Waals surface area contributed by atoms with E-state index in [1.807, 2.05) is 61.5 Å². The lowest BCUT2D eigenvalue weighted by molar-refractivity contribution is 0.483. The van der Waals surface area contributed by atoms with E-state index in [0.29, 0.717) is 17.2 Å². The molecule has 2 aromatic carbocycles. The summed E-state index contributed by atoms with van der Waals surface area (Å²) in [4.78, 5) is 18.8. The van der Waals surface area contributed by atoms with Gasteiger partial charge in [0.25, 0.3) is 5.56 Å². The van der Waals surface area contributed by atoms with Crippen LogP contribution < -0.4 is 15.6 Å². The zero-order chi connectivity index (χ0) is 16.2.